The van der Waals surface area contributed by atoms with E-state index >= 15 is 0 Å². The van der Waals surface area contributed by atoms with Gasteiger partial charge in [0.2, 0.25) is 0 Å². The lowest BCUT2D eigenvalue weighted by atomic mass is 10.1. The van der Waals surface area contributed by atoms with Crippen LogP contribution in [-0.2, 0) is 0 Å². The molecule has 2 heterocycles. The number of anilines is 1. The zero-order chi connectivity index (χ0) is 14.4. The third-order valence-corrected chi connectivity index (χ3v) is 3.68. The average Bonchev–Trinajstić information content (AvgIpc) is 2.46. The number of hydrogen-bond donors (Lipinski definition) is 2. The second-order valence-electron chi connectivity index (χ2n) is 5.62. The number of nitrogens with one attached hydrogen (secondary N) is 1. The zero-order valence-corrected chi connectivity index (χ0v) is 12.1. The van der Waals surface area contributed by atoms with E-state index in [4.69, 9.17) is 5.73 Å². The standard InChI is InChI=1S/C15H24N4O/c1-12(11-19-8-3-2-4-9-19)10-18-15(20)14-13(16)6-5-7-17-14/h5-7,12H,2-4,8-11,16H2,1H3,(H,18,20). The number of carbonyl (C=O) groups is 1. The molecule has 1 fully saturated rings. The minimum Gasteiger partial charge on any atom is -0.397 e. The molecule has 0 saturated carbocycles. The van der Waals surface area contributed by atoms with Crippen LogP contribution in [0.1, 0.15) is 36.7 Å². The third kappa shape index (κ3) is 4.20. The molecule has 0 spiro atoms. The van der Waals surface area contributed by atoms with E-state index in [9.17, 15) is 4.79 Å². The van der Waals surface area contributed by atoms with Crippen molar-refractivity contribution in [3.63, 3.8) is 0 Å². The van der Waals surface area contributed by atoms with E-state index in [-0.39, 0.29) is 5.91 Å². The van der Waals surface area contributed by atoms with Gasteiger partial charge in [0, 0.05) is 19.3 Å². The number of pyridine rings is 1. The Morgan fingerprint density at radius 2 is 2.20 bits per heavy atom. The highest BCUT2D eigenvalue weighted by Gasteiger charge is 2.15. The molecule has 3 N–H and O–H groups in total. The summed E-state index contributed by atoms with van der Waals surface area (Å²) in [7, 11) is 0. The Morgan fingerprint density at radius 1 is 1.45 bits per heavy atom. The second-order valence-corrected chi connectivity index (χ2v) is 5.62. The van der Waals surface area contributed by atoms with Crippen LogP contribution in [0.25, 0.3) is 0 Å². The SMILES string of the molecule is CC(CNC(=O)c1ncccc1N)CN1CCCCC1. The molecule has 1 aliphatic rings. The summed E-state index contributed by atoms with van der Waals surface area (Å²) in [6.45, 7) is 6.23. The molecule has 1 aromatic rings. The van der Waals surface area contributed by atoms with Crippen LogP contribution in [0.5, 0.6) is 0 Å². The van der Waals surface area contributed by atoms with Crippen molar-refractivity contribution in [3.05, 3.63) is 24.0 Å². The topological polar surface area (TPSA) is 71.2 Å². The van der Waals surface area contributed by atoms with Gasteiger partial charge in [-0.1, -0.05) is 13.3 Å². The first-order valence-electron chi connectivity index (χ1n) is 7.38. The Bertz CT molecular complexity index is 443. The minimum atomic E-state index is -0.186. The van der Waals surface area contributed by atoms with Crippen LogP contribution >= 0.6 is 0 Å². The lowest BCUT2D eigenvalue weighted by molar-refractivity contribution is 0.0938. The van der Waals surface area contributed by atoms with E-state index in [0.717, 1.165) is 6.54 Å². The first-order valence-corrected chi connectivity index (χ1v) is 7.38. The number of nitrogens with zero attached hydrogens (tertiary/aromatic N) is 2. The van der Waals surface area contributed by atoms with Gasteiger partial charge in [-0.25, -0.2) is 4.98 Å². The third-order valence-electron chi connectivity index (χ3n) is 3.68. The molecule has 1 aromatic heterocycles. The van der Waals surface area contributed by atoms with Crippen molar-refractivity contribution in [2.75, 3.05) is 31.9 Å². The zero-order valence-electron chi connectivity index (χ0n) is 12.1. The van der Waals surface area contributed by atoms with Gasteiger partial charge in [-0.15, -0.1) is 0 Å². The van der Waals surface area contributed by atoms with Gasteiger partial charge in [0.05, 0.1) is 5.69 Å². The molecule has 0 radical (unpaired) electrons. The highest BCUT2D eigenvalue weighted by atomic mass is 16.1. The molecule has 1 atom stereocenters. The predicted molar refractivity (Wildman–Crippen MR) is 80.4 cm³/mol. The fourth-order valence-electron chi connectivity index (χ4n) is 2.61. The largest absolute Gasteiger partial charge is 0.397 e. The monoisotopic (exact) mass is 276 g/mol. The maximum absolute atomic E-state index is 12.0. The van der Waals surface area contributed by atoms with E-state index in [0.29, 0.717) is 23.8 Å². The van der Waals surface area contributed by atoms with Crippen molar-refractivity contribution in [2.45, 2.75) is 26.2 Å². The molecule has 1 amide bonds. The highest BCUT2D eigenvalue weighted by molar-refractivity contribution is 5.96. The molecule has 5 nitrogen and oxygen atoms in total. The van der Waals surface area contributed by atoms with Crippen LogP contribution in [0.15, 0.2) is 18.3 Å². The van der Waals surface area contributed by atoms with Gasteiger partial charge in [0.25, 0.3) is 5.91 Å². The molecule has 2 rings (SSSR count). The molecule has 0 aliphatic carbocycles. The minimum absolute atomic E-state index is 0.186. The van der Waals surface area contributed by atoms with Crippen LogP contribution in [0.4, 0.5) is 5.69 Å². The van der Waals surface area contributed by atoms with E-state index in [2.05, 4.69) is 22.1 Å². The fourth-order valence-corrected chi connectivity index (χ4v) is 2.61. The smallest absolute Gasteiger partial charge is 0.272 e. The number of likely N-dealkylation sites (tertiary alicyclic amines) is 1. The first-order chi connectivity index (χ1) is 9.66. The molecular weight excluding hydrogens is 252 g/mol. The van der Waals surface area contributed by atoms with E-state index < -0.39 is 0 Å². The summed E-state index contributed by atoms with van der Waals surface area (Å²) in [5, 5.41) is 2.92. The summed E-state index contributed by atoms with van der Waals surface area (Å²) in [6, 6.07) is 3.42. The molecule has 1 unspecified atom stereocenters. The molecule has 20 heavy (non-hydrogen) atoms. The maximum Gasteiger partial charge on any atom is 0.272 e. The van der Waals surface area contributed by atoms with Crippen molar-refractivity contribution < 1.29 is 4.79 Å². The molecule has 5 heteroatoms. The number of nitrogens with two attached hydrogens (primary N) is 1. The summed E-state index contributed by atoms with van der Waals surface area (Å²) < 4.78 is 0. The van der Waals surface area contributed by atoms with Crippen LogP contribution < -0.4 is 11.1 Å². The highest BCUT2D eigenvalue weighted by Crippen LogP contribution is 2.11. The van der Waals surface area contributed by atoms with Crippen LogP contribution in [0.2, 0.25) is 0 Å². The quantitative estimate of drug-likeness (QED) is 0.855. The molecule has 110 valence electrons. The molecule has 0 bridgehead atoms. The second kappa shape index (κ2) is 7.24. The van der Waals surface area contributed by atoms with Gasteiger partial charge in [-0.05, 0) is 44.0 Å². The number of hydrogen-bond acceptors (Lipinski definition) is 4. The fraction of sp³-hybridized carbons (Fsp3) is 0.600. The van der Waals surface area contributed by atoms with Crippen molar-refractivity contribution in [2.24, 2.45) is 5.92 Å². The average molecular weight is 276 g/mol. The normalized spacial score (nSPS) is 17.6. The van der Waals surface area contributed by atoms with Crippen LogP contribution in [0, 0.1) is 5.92 Å². The first kappa shape index (κ1) is 14.8. The molecule has 1 aliphatic heterocycles. The van der Waals surface area contributed by atoms with Crippen molar-refractivity contribution in [1.82, 2.24) is 15.2 Å². The van der Waals surface area contributed by atoms with Gasteiger partial charge >= 0.3 is 0 Å². The van der Waals surface area contributed by atoms with E-state index in [1.54, 1.807) is 18.3 Å². The number of amides is 1. The van der Waals surface area contributed by atoms with Gasteiger partial charge < -0.3 is 16.0 Å². The van der Waals surface area contributed by atoms with Gasteiger partial charge in [0.15, 0.2) is 5.69 Å². The Morgan fingerprint density at radius 3 is 2.90 bits per heavy atom. The molecule has 0 aromatic carbocycles. The lowest BCUT2D eigenvalue weighted by Gasteiger charge is -2.29. The Hall–Kier alpha value is -1.62. The van der Waals surface area contributed by atoms with Gasteiger partial charge in [-0.3, -0.25) is 4.79 Å². The van der Waals surface area contributed by atoms with Gasteiger partial charge in [-0.2, -0.15) is 0 Å². The molecular formula is C15H24N4O. The Kier molecular flexibility index (Phi) is 5.35. The van der Waals surface area contributed by atoms with Gasteiger partial charge in [0.1, 0.15) is 0 Å². The predicted octanol–water partition coefficient (Wildman–Crippen LogP) is 1.52. The van der Waals surface area contributed by atoms with Crippen LogP contribution in [0.3, 0.4) is 0 Å². The Labute approximate surface area is 120 Å². The van der Waals surface area contributed by atoms with Crippen molar-refractivity contribution >= 4 is 11.6 Å². The van der Waals surface area contributed by atoms with Crippen LogP contribution in [-0.4, -0.2) is 42.0 Å². The van der Waals surface area contributed by atoms with Crippen molar-refractivity contribution in [3.8, 4) is 0 Å². The summed E-state index contributed by atoms with van der Waals surface area (Å²) >= 11 is 0. The number of nitrogen functional groups attached to an aromatic ring is 1. The van der Waals surface area contributed by atoms with E-state index in [1.807, 2.05) is 0 Å². The van der Waals surface area contributed by atoms with E-state index in [1.165, 1.54) is 32.4 Å². The number of rotatable bonds is 5. The number of piperidine rings is 1. The summed E-state index contributed by atoms with van der Waals surface area (Å²) in [6.07, 6.45) is 5.52. The van der Waals surface area contributed by atoms with Crippen molar-refractivity contribution in [1.29, 1.82) is 0 Å². The number of aromatic nitrogens is 1. The lowest BCUT2D eigenvalue weighted by Crippen LogP contribution is -2.38. The number of carbonyl (C=O) groups excluding carboxylic acids is 1. The summed E-state index contributed by atoms with van der Waals surface area (Å²) in [5.41, 5.74) is 6.49. The maximum atomic E-state index is 12.0. The summed E-state index contributed by atoms with van der Waals surface area (Å²) in [4.78, 5) is 18.5. The molecule has 1 saturated heterocycles. The Balaban J connectivity index is 1.76. The summed E-state index contributed by atoms with van der Waals surface area (Å²) in [5.74, 6) is 0.246.